The Kier molecular flexibility index (Phi) is 4.13. The number of thiophene rings is 1. The van der Waals surface area contributed by atoms with Gasteiger partial charge in [-0.3, -0.25) is 4.79 Å². The predicted octanol–water partition coefficient (Wildman–Crippen LogP) is 2.86. The summed E-state index contributed by atoms with van der Waals surface area (Å²) < 4.78 is 0. The van der Waals surface area contributed by atoms with Crippen LogP contribution in [0.5, 0.6) is 0 Å². The van der Waals surface area contributed by atoms with Crippen LogP contribution in [0.2, 0.25) is 0 Å². The molecule has 20 heavy (non-hydrogen) atoms. The van der Waals surface area contributed by atoms with E-state index >= 15 is 0 Å². The van der Waals surface area contributed by atoms with E-state index in [1.165, 1.54) is 23.3 Å². The molecule has 110 valence electrons. The highest BCUT2D eigenvalue weighted by Crippen LogP contribution is 2.32. The van der Waals surface area contributed by atoms with Crippen LogP contribution in [-0.4, -0.2) is 35.1 Å². The van der Waals surface area contributed by atoms with Crippen molar-refractivity contribution in [1.29, 1.82) is 0 Å². The smallest absolute Gasteiger partial charge is 0.255 e. The zero-order chi connectivity index (χ0) is 14.1. The molecule has 1 aromatic rings. The first kappa shape index (κ1) is 14.1. The number of aliphatic hydroxyl groups excluding tert-OH is 1. The maximum absolute atomic E-state index is 12.9. The van der Waals surface area contributed by atoms with Gasteiger partial charge in [0.1, 0.15) is 0 Å². The minimum atomic E-state index is -0.00427. The summed E-state index contributed by atoms with van der Waals surface area (Å²) in [6, 6.07) is -0.00427. The number of nitrogens with zero attached hydrogens (tertiary/aromatic N) is 1. The monoisotopic (exact) mass is 293 g/mol. The molecule has 0 aromatic carbocycles. The summed E-state index contributed by atoms with van der Waals surface area (Å²) in [5, 5.41) is 11.7. The minimum Gasteiger partial charge on any atom is -0.394 e. The van der Waals surface area contributed by atoms with Crippen LogP contribution < -0.4 is 0 Å². The quantitative estimate of drug-likeness (QED) is 0.911. The van der Waals surface area contributed by atoms with Crippen LogP contribution in [0, 0.1) is 5.92 Å². The van der Waals surface area contributed by atoms with Crippen molar-refractivity contribution in [2.45, 2.75) is 51.5 Å². The van der Waals surface area contributed by atoms with Crippen LogP contribution in [0.3, 0.4) is 0 Å². The van der Waals surface area contributed by atoms with Gasteiger partial charge in [-0.25, -0.2) is 0 Å². The van der Waals surface area contributed by atoms with Gasteiger partial charge in [-0.05, 0) is 50.0 Å². The zero-order valence-electron chi connectivity index (χ0n) is 12.1. The van der Waals surface area contributed by atoms with Crippen LogP contribution in [0.4, 0.5) is 0 Å². The van der Waals surface area contributed by atoms with Gasteiger partial charge in [0.05, 0.1) is 18.2 Å². The number of aryl methyl sites for hydroxylation is 1. The first-order valence-electron chi connectivity index (χ1n) is 7.73. The second-order valence-corrected chi connectivity index (χ2v) is 7.09. The van der Waals surface area contributed by atoms with E-state index in [0.29, 0.717) is 5.92 Å². The van der Waals surface area contributed by atoms with Gasteiger partial charge in [0, 0.05) is 16.8 Å². The molecule has 1 aliphatic carbocycles. The standard InChI is InChI=1S/C16H23NO2S/c1-11-5-4-8-17(14(11)9-18)16(19)13-10-20-15-7-3-2-6-12(13)15/h10-11,14,18H,2-9H2,1H3. The Morgan fingerprint density at radius 3 is 3.00 bits per heavy atom. The molecule has 1 aromatic heterocycles. The largest absolute Gasteiger partial charge is 0.394 e. The third kappa shape index (κ3) is 2.40. The number of hydrogen-bond donors (Lipinski definition) is 1. The molecule has 3 nitrogen and oxygen atoms in total. The Bertz CT molecular complexity index is 497. The van der Waals surface area contributed by atoms with Crippen LogP contribution in [0.1, 0.15) is 53.4 Å². The molecule has 1 N–H and O–H groups in total. The number of aliphatic hydroxyl groups is 1. The second-order valence-electron chi connectivity index (χ2n) is 6.13. The lowest BCUT2D eigenvalue weighted by Crippen LogP contribution is -2.49. The molecule has 2 unspecified atom stereocenters. The molecule has 1 fully saturated rings. The van der Waals surface area contributed by atoms with Crippen LogP contribution in [0.15, 0.2) is 5.38 Å². The van der Waals surface area contributed by atoms with Crippen molar-refractivity contribution >= 4 is 17.2 Å². The third-order valence-electron chi connectivity index (χ3n) is 4.86. The van der Waals surface area contributed by atoms with Gasteiger partial charge in [0.25, 0.3) is 5.91 Å². The average Bonchev–Trinajstić information content (AvgIpc) is 2.90. The third-order valence-corrected chi connectivity index (χ3v) is 5.94. The predicted molar refractivity (Wildman–Crippen MR) is 81.3 cm³/mol. The Hall–Kier alpha value is -0.870. The van der Waals surface area contributed by atoms with Crippen molar-refractivity contribution in [3.8, 4) is 0 Å². The summed E-state index contributed by atoms with van der Waals surface area (Å²) in [6.07, 6.45) is 6.79. The number of amides is 1. The maximum Gasteiger partial charge on any atom is 0.255 e. The van der Waals surface area contributed by atoms with Crippen LogP contribution >= 0.6 is 11.3 Å². The summed E-state index contributed by atoms with van der Waals surface area (Å²) >= 11 is 1.74. The highest BCUT2D eigenvalue weighted by molar-refractivity contribution is 7.10. The number of fused-ring (bicyclic) bond motifs is 1. The van der Waals surface area contributed by atoms with Gasteiger partial charge in [-0.2, -0.15) is 0 Å². The maximum atomic E-state index is 12.9. The SMILES string of the molecule is CC1CCCN(C(=O)c2csc3c2CCCC3)C1CO. The lowest BCUT2D eigenvalue weighted by molar-refractivity contribution is 0.0358. The molecule has 4 heteroatoms. The highest BCUT2D eigenvalue weighted by atomic mass is 32.1. The zero-order valence-corrected chi connectivity index (χ0v) is 12.9. The lowest BCUT2D eigenvalue weighted by atomic mass is 9.89. The lowest BCUT2D eigenvalue weighted by Gasteiger charge is -2.39. The fraction of sp³-hybridized carbons (Fsp3) is 0.688. The molecule has 2 atom stereocenters. The second kappa shape index (κ2) is 5.86. The highest BCUT2D eigenvalue weighted by Gasteiger charge is 2.33. The van der Waals surface area contributed by atoms with E-state index in [1.54, 1.807) is 11.3 Å². The van der Waals surface area contributed by atoms with Gasteiger partial charge >= 0.3 is 0 Å². The topological polar surface area (TPSA) is 40.5 Å². The Balaban J connectivity index is 1.86. The number of likely N-dealkylation sites (tertiary alicyclic amines) is 1. The fourth-order valence-electron chi connectivity index (χ4n) is 3.61. The Labute approximate surface area is 124 Å². The number of carbonyl (C=O) groups excluding carboxylic acids is 1. The number of rotatable bonds is 2. The Morgan fingerprint density at radius 1 is 1.40 bits per heavy atom. The van der Waals surface area contributed by atoms with Crippen molar-refractivity contribution in [2.24, 2.45) is 5.92 Å². The average molecular weight is 293 g/mol. The van der Waals surface area contributed by atoms with E-state index in [2.05, 4.69) is 6.92 Å². The molecule has 2 heterocycles. The van der Waals surface area contributed by atoms with Crippen molar-refractivity contribution in [3.05, 3.63) is 21.4 Å². The van der Waals surface area contributed by atoms with Gasteiger partial charge < -0.3 is 10.0 Å². The first-order valence-corrected chi connectivity index (χ1v) is 8.61. The number of hydrogen-bond acceptors (Lipinski definition) is 3. The van der Waals surface area contributed by atoms with Crippen LogP contribution in [-0.2, 0) is 12.8 Å². The summed E-state index contributed by atoms with van der Waals surface area (Å²) in [7, 11) is 0. The fourth-order valence-corrected chi connectivity index (χ4v) is 4.73. The van der Waals surface area contributed by atoms with Crippen molar-refractivity contribution in [2.75, 3.05) is 13.2 Å². The van der Waals surface area contributed by atoms with E-state index in [1.807, 2.05) is 10.3 Å². The molecule has 0 spiro atoms. The van der Waals surface area contributed by atoms with E-state index < -0.39 is 0 Å². The van der Waals surface area contributed by atoms with Crippen molar-refractivity contribution in [3.63, 3.8) is 0 Å². The summed E-state index contributed by atoms with van der Waals surface area (Å²) in [4.78, 5) is 16.2. The van der Waals surface area contributed by atoms with Gasteiger partial charge in [0.2, 0.25) is 0 Å². The summed E-state index contributed by atoms with van der Waals surface area (Å²) in [5.74, 6) is 0.544. The van der Waals surface area contributed by atoms with E-state index in [0.717, 1.165) is 37.8 Å². The molecule has 1 saturated heterocycles. The molecule has 2 aliphatic rings. The van der Waals surface area contributed by atoms with Crippen molar-refractivity contribution < 1.29 is 9.90 Å². The molecule has 0 saturated carbocycles. The molecule has 1 amide bonds. The molecular weight excluding hydrogens is 270 g/mol. The van der Waals surface area contributed by atoms with Crippen molar-refractivity contribution in [1.82, 2.24) is 4.90 Å². The molecule has 3 rings (SSSR count). The number of piperidine rings is 1. The van der Waals surface area contributed by atoms with E-state index in [-0.39, 0.29) is 18.6 Å². The van der Waals surface area contributed by atoms with Gasteiger partial charge in [-0.1, -0.05) is 6.92 Å². The van der Waals surface area contributed by atoms with Gasteiger partial charge in [-0.15, -0.1) is 11.3 Å². The first-order chi connectivity index (χ1) is 9.72. The Morgan fingerprint density at radius 2 is 2.20 bits per heavy atom. The van der Waals surface area contributed by atoms with E-state index in [4.69, 9.17) is 0 Å². The molecule has 0 radical (unpaired) electrons. The normalized spacial score (nSPS) is 26.4. The summed E-state index contributed by atoms with van der Waals surface area (Å²) in [5.41, 5.74) is 2.21. The molecule has 0 bridgehead atoms. The molecule has 1 aliphatic heterocycles. The molecular formula is C16H23NO2S. The van der Waals surface area contributed by atoms with Gasteiger partial charge in [0.15, 0.2) is 0 Å². The minimum absolute atomic E-state index is 0.00427. The number of carbonyl (C=O) groups is 1. The van der Waals surface area contributed by atoms with E-state index in [9.17, 15) is 9.90 Å². The summed E-state index contributed by atoms with van der Waals surface area (Å²) in [6.45, 7) is 3.02. The van der Waals surface area contributed by atoms with Crippen LogP contribution in [0.25, 0.3) is 0 Å².